The number of fused-ring (bicyclic) bond motifs is 1. The number of aliphatic hydroxyl groups is 1. The standard InChI is InChI=1S/C17H15FN2O/c1-11(10-21)14-5-6-19-9-15(14)13-7-12-3-2-4-16(18)17(12)20-8-13/h2-9,11,21H,10H2,1H3. The fraction of sp³-hybridized carbons (Fsp3) is 0.176. The maximum atomic E-state index is 13.7. The molecule has 3 rings (SSSR count). The minimum Gasteiger partial charge on any atom is -0.396 e. The molecule has 0 saturated heterocycles. The lowest BCUT2D eigenvalue weighted by Gasteiger charge is -2.14. The molecule has 106 valence electrons. The zero-order valence-electron chi connectivity index (χ0n) is 11.6. The Morgan fingerprint density at radius 3 is 2.90 bits per heavy atom. The minimum absolute atomic E-state index is 0.00575. The fourth-order valence-electron chi connectivity index (χ4n) is 2.45. The first-order valence-electron chi connectivity index (χ1n) is 6.80. The molecule has 3 nitrogen and oxygen atoms in total. The number of para-hydroxylation sites is 1. The molecule has 0 aliphatic carbocycles. The molecule has 0 fully saturated rings. The normalized spacial score (nSPS) is 12.5. The van der Waals surface area contributed by atoms with E-state index in [9.17, 15) is 9.50 Å². The molecule has 0 amide bonds. The summed E-state index contributed by atoms with van der Waals surface area (Å²) in [6.45, 7) is 2.01. The minimum atomic E-state index is -0.325. The highest BCUT2D eigenvalue weighted by molar-refractivity contribution is 5.84. The smallest absolute Gasteiger partial charge is 0.149 e. The van der Waals surface area contributed by atoms with Gasteiger partial charge in [-0.2, -0.15) is 0 Å². The predicted octanol–water partition coefficient (Wildman–Crippen LogP) is 3.53. The number of nitrogens with zero attached hydrogens (tertiary/aromatic N) is 2. The molecule has 0 aliphatic heterocycles. The van der Waals surface area contributed by atoms with Crippen LogP contribution >= 0.6 is 0 Å². The van der Waals surface area contributed by atoms with E-state index in [0.29, 0.717) is 5.52 Å². The van der Waals surface area contributed by atoms with Crippen molar-refractivity contribution >= 4 is 10.9 Å². The van der Waals surface area contributed by atoms with Gasteiger partial charge in [0.2, 0.25) is 0 Å². The number of aliphatic hydroxyl groups excluding tert-OH is 1. The second-order valence-electron chi connectivity index (χ2n) is 5.08. The van der Waals surface area contributed by atoms with Gasteiger partial charge in [-0.15, -0.1) is 0 Å². The first kappa shape index (κ1) is 13.6. The summed E-state index contributed by atoms with van der Waals surface area (Å²) < 4.78 is 13.7. The molecule has 0 bridgehead atoms. The lowest BCUT2D eigenvalue weighted by molar-refractivity contribution is 0.273. The van der Waals surface area contributed by atoms with Gasteiger partial charge in [-0.1, -0.05) is 19.1 Å². The summed E-state index contributed by atoms with van der Waals surface area (Å²) in [6, 6.07) is 8.70. The van der Waals surface area contributed by atoms with Gasteiger partial charge in [0.1, 0.15) is 11.3 Å². The Morgan fingerprint density at radius 1 is 1.24 bits per heavy atom. The maximum absolute atomic E-state index is 13.7. The molecular formula is C17H15FN2O. The van der Waals surface area contributed by atoms with E-state index in [2.05, 4.69) is 9.97 Å². The van der Waals surface area contributed by atoms with Crippen LogP contribution in [0, 0.1) is 5.82 Å². The van der Waals surface area contributed by atoms with Crippen LogP contribution in [0.25, 0.3) is 22.0 Å². The van der Waals surface area contributed by atoms with Crippen molar-refractivity contribution in [3.63, 3.8) is 0 Å². The average molecular weight is 282 g/mol. The molecule has 2 heterocycles. The topological polar surface area (TPSA) is 46.0 Å². The Hall–Kier alpha value is -2.33. The van der Waals surface area contributed by atoms with Crippen LogP contribution in [0.1, 0.15) is 18.4 Å². The van der Waals surface area contributed by atoms with E-state index in [1.807, 2.05) is 25.1 Å². The number of aromatic nitrogens is 2. The van der Waals surface area contributed by atoms with Crippen LogP contribution in [0.3, 0.4) is 0 Å². The fourth-order valence-corrected chi connectivity index (χ4v) is 2.45. The van der Waals surface area contributed by atoms with Gasteiger partial charge in [-0.3, -0.25) is 9.97 Å². The molecule has 1 aromatic carbocycles. The Labute approximate surface area is 122 Å². The van der Waals surface area contributed by atoms with Crippen LogP contribution in [0.15, 0.2) is 48.9 Å². The summed E-state index contributed by atoms with van der Waals surface area (Å²) in [5.74, 6) is -0.319. The van der Waals surface area contributed by atoms with Crippen LogP contribution in [0.2, 0.25) is 0 Å². The number of rotatable bonds is 3. The van der Waals surface area contributed by atoms with E-state index < -0.39 is 0 Å². The Bertz CT molecular complexity index is 789. The third-order valence-corrected chi connectivity index (χ3v) is 3.63. The van der Waals surface area contributed by atoms with Crippen molar-refractivity contribution in [1.29, 1.82) is 0 Å². The average Bonchev–Trinajstić information content (AvgIpc) is 2.54. The molecule has 4 heteroatoms. The zero-order valence-corrected chi connectivity index (χ0v) is 11.6. The van der Waals surface area contributed by atoms with Gasteiger partial charge in [0.05, 0.1) is 0 Å². The van der Waals surface area contributed by atoms with Crippen LogP contribution in [-0.4, -0.2) is 21.7 Å². The van der Waals surface area contributed by atoms with E-state index in [0.717, 1.165) is 22.1 Å². The lowest BCUT2D eigenvalue weighted by Crippen LogP contribution is -2.02. The van der Waals surface area contributed by atoms with Gasteiger partial charge in [-0.05, 0) is 23.8 Å². The van der Waals surface area contributed by atoms with Crippen molar-refractivity contribution in [2.45, 2.75) is 12.8 Å². The van der Waals surface area contributed by atoms with Crippen molar-refractivity contribution < 1.29 is 9.50 Å². The van der Waals surface area contributed by atoms with Crippen LogP contribution in [0.4, 0.5) is 4.39 Å². The monoisotopic (exact) mass is 282 g/mol. The number of halogens is 1. The predicted molar refractivity (Wildman–Crippen MR) is 80.4 cm³/mol. The molecular weight excluding hydrogens is 267 g/mol. The molecule has 0 saturated carbocycles. The summed E-state index contributed by atoms with van der Waals surface area (Å²) in [7, 11) is 0. The quantitative estimate of drug-likeness (QED) is 0.799. The van der Waals surface area contributed by atoms with E-state index in [4.69, 9.17) is 0 Å². The highest BCUT2D eigenvalue weighted by Gasteiger charge is 2.12. The van der Waals surface area contributed by atoms with Gasteiger partial charge < -0.3 is 5.11 Å². The largest absolute Gasteiger partial charge is 0.396 e. The van der Waals surface area contributed by atoms with Gasteiger partial charge in [-0.25, -0.2) is 4.39 Å². The molecule has 0 aliphatic rings. The third kappa shape index (κ3) is 2.50. The van der Waals surface area contributed by atoms with E-state index in [1.54, 1.807) is 24.7 Å². The summed E-state index contributed by atoms with van der Waals surface area (Å²) in [5, 5.41) is 10.1. The number of hydrogen-bond acceptors (Lipinski definition) is 3. The molecule has 3 aromatic rings. The maximum Gasteiger partial charge on any atom is 0.149 e. The SMILES string of the molecule is CC(CO)c1ccncc1-c1cnc2c(F)cccc2c1. The molecule has 1 N–H and O–H groups in total. The lowest BCUT2D eigenvalue weighted by atomic mass is 9.94. The Morgan fingerprint density at radius 2 is 2.10 bits per heavy atom. The molecule has 0 spiro atoms. The van der Waals surface area contributed by atoms with E-state index in [1.165, 1.54) is 6.07 Å². The van der Waals surface area contributed by atoms with Crippen LogP contribution < -0.4 is 0 Å². The first-order chi connectivity index (χ1) is 10.2. The Kier molecular flexibility index (Phi) is 3.62. The highest BCUT2D eigenvalue weighted by Crippen LogP contribution is 2.30. The molecule has 0 radical (unpaired) electrons. The van der Waals surface area contributed by atoms with Crippen LogP contribution in [0.5, 0.6) is 0 Å². The Balaban J connectivity index is 2.17. The second-order valence-corrected chi connectivity index (χ2v) is 5.08. The molecule has 1 atom stereocenters. The van der Waals surface area contributed by atoms with Crippen molar-refractivity contribution in [2.24, 2.45) is 0 Å². The van der Waals surface area contributed by atoms with Gasteiger partial charge in [0, 0.05) is 47.6 Å². The summed E-state index contributed by atoms with van der Waals surface area (Å²) >= 11 is 0. The van der Waals surface area contributed by atoms with Crippen LogP contribution in [-0.2, 0) is 0 Å². The van der Waals surface area contributed by atoms with E-state index >= 15 is 0 Å². The number of benzene rings is 1. The molecule has 1 unspecified atom stereocenters. The highest BCUT2D eigenvalue weighted by atomic mass is 19.1. The van der Waals surface area contributed by atoms with Crippen molar-refractivity contribution in [3.8, 4) is 11.1 Å². The zero-order chi connectivity index (χ0) is 14.8. The van der Waals surface area contributed by atoms with E-state index in [-0.39, 0.29) is 18.3 Å². The van der Waals surface area contributed by atoms with Gasteiger partial charge in [0.25, 0.3) is 0 Å². The van der Waals surface area contributed by atoms with Gasteiger partial charge >= 0.3 is 0 Å². The van der Waals surface area contributed by atoms with Crippen molar-refractivity contribution in [2.75, 3.05) is 6.61 Å². The molecule has 21 heavy (non-hydrogen) atoms. The second kappa shape index (κ2) is 5.58. The van der Waals surface area contributed by atoms with Crippen molar-refractivity contribution in [3.05, 3.63) is 60.3 Å². The molecule has 2 aromatic heterocycles. The van der Waals surface area contributed by atoms with Gasteiger partial charge in [0.15, 0.2) is 0 Å². The third-order valence-electron chi connectivity index (χ3n) is 3.63. The summed E-state index contributed by atoms with van der Waals surface area (Å²) in [6.07, 6.45) is 5.11. The number of pyridine rings is 2. The summed E-state index contributed by atoms with van der Waals surface area (Å²) in [4.78, 5) is 8.37. The number of hydrogen-bond donors (Lipinski definition) is 1. The first-order valence-corrected chi connectivity index (χ1v) is 6.80. The summed E-state index contributed by atoms with van der Waals surface area (Å²) in [5.41, 5.74) is 3.15. The van der Waals surface area contributed by atoms with Crippen molar-refractivity contribution in [1.82, 2.24) is 9.97 Å².